The van der Waals surface area contributed by atoms with Gasteiger partial charge in [-0.1, -0.05) is 30.3 Å². The summed E-state index contributed by atoms with van der Waals surface area (Å²) in [6.07, 6.45) is 0. The highest BCUT2D eigenvalue weighted by atomic mass is 16.5. The topological polar surface area (TPSA) is 62.9 Å². The third kappa shape index (κ3) is 3.46. The Morgan fingerprint density at radius 3 is 2.87 bits per heavy atom. The van der Waals surface area contributed by atoms with Gasteiger partial charge in [0.25, 0.3) is 5.91 Å². The second-order valence-electron chi connectivity index (χ2n) is 5.84. The van der Waals surface area contributed by atoms with Crippen LogP contribution < -0.4 is 0 Å². The average molecular weight is 315 g/mol. The molecule has 2 heterocycles. The Hall–Kier alpha value is -2.11. The van der Waals surface area contributed by atoms with Gasteiger partial charge in [-0.05, 0) is 13.0 Å². The monoisotopic (exact) mass is 315 g/mol. The first kappa shape index (κ1) is 15.8. The number of aliphatic hydroxyl groups excluding tert-OH is 1. The van der Waals surface area contributed by atoms with Crippen molar-refractivity contribution in [2.24, 2.45) is 5.92 Å². The van der Waals surface area contributed by atoms with Crippen molar-refractivity contribution in [1.82, 2.24) is 4.90 Å². The van der Waals surface area contributed by atoms with Crippen molar-refractivity contribution in [2.45, 2.75) is 6.92 Å². The highest BCUT2D eigenvalue weighted by molar-refractivity contribution is 5.99. The number of amides is 1. The van der Waals surface area contributed by atoms with Crippen LogP contribution in [0.25, 0.3) is 11.3 Å². The van der Waals surface area contributed by atoms with E-state index >= 15 is 0 Å². The van der Waals surface area contributed by atoms with Crippen molar-refractivity contribution >= 4 is 5.91 Å². The molecule has 2 aromatic rings. The molecule has 1 aromatic heterocycles. The largest absolute Gasteiger partial charge is 0.461 e. The van der Waals surface area contributed by atoms with Crippen molar-refractivity contribution in [1.29, 1.82) is 0 Å². The standard InChI is InChI=1S/C18H21NO4/c1-13-9-16(17(23-13)15-5-3-2-4-6-15)18(21)19-7-8-22-12-14(10-19)11-20/h2-6,9,14,20H,7-8,10-12H2,1H3. The van der Waals surface area contributed by atoms with Crippen molar-refractivity contribution in [3.05, 3.63) is 47.7 Å². The fourth-order valence-corrected chi connectivity index (χ4v) is 2.82. The lowest BCUT2D eigenvalue weighted by Crippen LogP contribution is -2.36. The lowest BCUT2D eigenvalue weighted by atomic mass is 10.1. The summed E-state index contributed by atoms with van der Waals surface area (Å²) in [5, 5.41) is 9.39. The number of hydrogen-bond acceptors (Lipinski definition) is 4. The summed E-state index contributed by atoms with van der Waals surface area (Å²) in [6.45, 7) is 3.84. The molecule has 1 unspecified atom stereocenters. The van der Waals surface area contributed by atoms with Crippen LogP contribution in [0.2, 0.25) is 0 Å². The Balaban J connectivity index is 1.90. The Morgan fingerprint density at radius 1 is 1.35 bits per heavy atom. The molecular formula is C18H21NO4. The van der Waals surface area contributed by atoms with Gasteiger partial charge in [0.1, 0.15) is 11.5 Å². The van der Waals surface area contributed by atoms with Crippen molar-refractivity contribution in [3.8, 4) is 11.3 Å². The Kier molecular flexibility index (Phi) is 4.79. The van der Waals surface area contributed by atoms with Crippen molar-refractivity contribution < 1.29 is 19.1 Å². The number of rotatable bonds is 3. The summed E-state index contributed by atoms with van der Waals surface area (Å²) < 4.78 is 11.2. The zero-order chi connectivity index (χ0) is 16.2. The number of carbonyl (C=O) groups excluding carboxylic acids is 1. The second kappa shape index (κ2) is 6.98. The molecule has 1 atom stereocenters. The third-order valence-electron chi connectivity index (χ3n) is 4.00. The van der Waals surface area contributed by atoms with E-state index in [4.69, 9.17) is 9.15 Å². The van der Waals surface area contributed by atoms with Crippen LogP contribution in [-0.4, -0.2) is 48.8 Å². The lowest BCUT2D eigenvalue weighted by molar-refractivity contribution is 0.0728. The summed E-state index contributed by atoms with van der Waals surface area (Å²) >= 11 is 0. The van der Waals surface area contributed by atoms with Gasteiger partial charge < -0.3 is 19.2 Å². The maximum absolute atomic E-state index is 13.0. The third-order valence-corrected chi connectivity index (χ3v) is 4.00. The number of furan rings is 1. The molecule has 1 aliphatic rings. The molecule has 5 heteroatoms. The summed E-state index contributed by atoms with van der Waals surface area (Å²) in [5.74, 6) is 1.18. The number of hydrogen-bond donors (Lipinski definition) is 1. The maximum atomic E-state index is 13.0. The van der Waals surface area contributed by atoms with E-state index in [-0.39, 0.29) is 18.4 Å². The molecule has 1 aromatic carbocycles. The van der Waals surface area contributed by atoms with Crippen LogP contribution in [0, 0.1) is 12.8 Å². The van der Waals surface area contributed by atoms with Crippen LogP contribution in [0.4, 0.5) is 0 Å². The van der Waals surface area contributed by atoms with Crippen LogP contribution in [0.1, 0.15) is 16.1 Å². The Labute approximate surface area is 135 Å². The molecule has 0 bridgehead atoms. The Bertz CT molecular complexity index is 665. The molecule has 1 amide bonds. The van der Waals surface area contributed by atoms with Crippen LogP contribution in [-0.2, 0) is 4.74 Å². The van der Waals surface area contributed by atoms with E-state index in [1.807, 2.05) is 37.3 Å². The zero-order valence-corrected chi connectivity index (χ0v) is 13.2. The first-order valence-electron chi connectivity index (χ1n) is 7.82. The van der Waals surface area contributed by atoms with Crippen LogP contribution in [0.15, 0.2) is 40.8 Å². The number of nitrogens with zero attached hydrogens (tertiary/aromatic N) is 1. The Morgan fingerprint density at radius 2 is 2.13 bits per heavy atom. The minimum absolute atomic E-state index is 0.0136. The first-order valence-corrected chi connectivity index (χ1v) is 7.82. The van der Waals surface area contributed by atoms with E-state index in [2.05, 4.69) is 0 Å². The van der Waals surface area contributed by atoms with Gasteiger partial charge in [0.2, 0.25) is 0 Å². The molecule has 0 spiro atoms. The van der Waals surface area contributed by atoms with Crippen LogP contribution >= 0.6 is 0 Å². The van der Waals surface area contributed by atoms with E-state index in [1.165, 1.54) is 0 Å². The molecule has 122 valence electrons. The number of ether oxygens (including phenoxy) is 1. The normalized spacial score (nSPS) is 18.7. The molecule has 3 rings (SSSR count). The number of aryl methyl sites for hydroxylation is 1. The fourth-order valence-electron chi connectivity index (χ4n) is 2.82. The molecule has 0 radical (unpaired) electrons. The van der Waals surface area contributed by atoms with E-state index in [0.717, 1.165) is 5.56 Å². The van der Waals surface area contributed by atoms with Gasteiger partial charge in [-0.15, -0.1) is 0 Å². The van der Waals surface area contributed by atoms with Gasteiger partial charge >= 0.3 is 0 Å². The lowest BCUT2D eigenvalue weighted by Gasteiger charge is -2.22. The molecular weight excluding hydrogens is 294 g/mol. The molecule has 1 aliphatic heterocycles. The van der Waals surface area contributed by atoms with Crippen molar-refractivity contribution in [2.75, 3.05) is 32.9 Å². The maximum Gasteiger partial charge on any atom is 0.257 e. The number of benzene rings is 1. The summed E-state index contributed by atoms with van der Waals surface area (Å²) in [7, 11) is 0. The second-order valence-corrected chi connectivity index (χ2v) is 5.84. The molecule has 0 saturated carbocycles. The van der Waals surface area contributed by atoms with Gasteiger partial charge in [-0.3, -0.25) is 4.79 Å². The summed E-state index contributed by atoms with van der Waals surface area (Å²) in [5.41, 5.74) is 1.45. The highest BCUT2D eigenvalue weighted by Gasteiger charge is 2.26. The molecule has 0 aliphatic carbocycles. The first-order chi connectivity index (χ1) is 11.2. The summed E-state index contributed by atoms with van der Waals surface area (Å²) in [6, 6.07) is 11.4. The van der Waals surface area contributed by atoms with E-state index in [9.17, 15) is 9.90 Å². The van der Waals surface area contributed by atoms with E-state index in [0.29, 0.717) is 43.4 Å². The predicted molar refractivity (Wildman–Crippen MR) is 86.2 cm³/mol. The number of carbonyl (C=O) groups is 1. The molecule has 5 nitrogen and oxygen atoms in total. The van der Waals surface area contributed by atoms with Crippen molar-refractivity contribution in [3.63, 3.8) is 0 Å². The highest BCUT2D eigenvalue weighted by Crippen LogP contribution is 2.28. The molecule has 1 N–H and O–H groups in total. The van der Waals surface area contributed by atoms with Crippen LogP contribution in [0.5, 0.6) is 0 Å². The van der Waals surface area contributed by atoms with E-state index < -0.39 is 0 Å². The predicted octanol–water partition coefficient (Wildman–Crippen LogP) is 2.34. The number of aliphatic hydroxyl groups is 1. The van der Waals surface area contributed by atoms with Gasteiger partial charge in [0, 0.05) is 31.2 Å². The average Bonchev–Trinajstić information content (AvgIpc) is 2.82. The molecule has 1 saturated heterocycles. The quantitative estimate of drug-likeness (QED) is 0.944. The van der Waals surface area contributed by atoms with E-state index in [1.54, 1.807) is 11.0 Å². The minimum atomic E-state index is -0.0790. The summed E-state index contributed by atoms with van der Waals surface area (Å²) in [4.78, 5) is 14.7. The SMILES string of the molecule is Cc1cc(C(=O)N2CCOCC(CO)C2)c(-c2ccccc2)o1. The zero-order valence-electron chi connectivity index (χ0n) is 13.2. The molecule has 23 heavy (non-hydrogen) atoms. The van der Waals surface area contributed by atoms with Gasteiger partial charge in [-0.25, -0.2) is 0 Å². The molecule has 1 fully saturated rings. The van der Waals surface area contributed by atoms with Crippen LogP contribution in [0.3, 0.4) is 0 Å². The smallest absolute Gasteiger partial charge is 0.257 e. The fraction of sp³-hybridized carbons (Fsp3) is 0.389. The minimum Gasteiger partial charge on any atom is -0.461 e. The van der Waals surface area contributed by atoms with Gasteiger partial charge in [0.05, 0.1) is 18.8 Å². The van der Waals surface area contributed by atoms with Gasteiger partial charge in [0.15, 0.2) is 0 Å². The van der Waals surface area contributed by atoms with Gasteiger partial charge in [-0.2, -0.15) is 0 Å².